The van der Waals surface area contributed by atoms with Crippen molar-refractivity contribution in [1.29, 1.82) is 0 Å². The lowest BCUT2D eigenvalue weighted by Gasteiger charge is -2.33. The summed E-state index contributed by atoms with van der Waals surface area (Å²) in [5, 5.41) is 6.70. The fourth-order valence-corrected chi connectivity index (χ4v) is 7.33. The van der Waals surface area contributed by atoms with Crippen molar-refractivity contribution in [3.05, 3.63) is 87.6 Å². The van der Waals surface area contributed by atoms with Crippen LogP contribution in [0.5, 0.6) is 5.75 Å². The fourth-order valence-electron chi connectivity index (χ4n) is 7.33. The number of alkyl halides is 1. The molecule has 1 aliphatic carbocycles. The van der Waals surface area contributed by atoms with Crippen LogP contribution in [0.15, 0.2) is 59.5 Å². The van der Waals surface area contributed by atoms with Crippen LogP contribution in [0.4, 0.5) is 8.78 Å². The van der Waals surface area contributed by atoms with Crippen LogP contribution < -0.4 is 16.0 Å². The van der Waals surface area contributed by atoms with Crippen molar-refractivity contribution in [2.24, 2.45) is 11.7 Å². The average Bonchev–Trinajstić information content (AvgIpc) is 3.74. The molecule has 0 bridgehead atoms. The highest BCUT2D eigenvalue weighted by Crippen LogP contribution is 2.40. The second-order valence-corrected chi connectivity index (χ2v) is 13.4. The minimum Gasteiger partial charge on any atom is -0.494 e. The Kier molecular flexibility index (Phi) is 7.13. The Balaban J connectivity index is 1.25. The number of aryl methyl sites for hydroxylation is 2. The SMILES string of the molecule is COc1cc(C(=O)N2C[C@H](N)C[C@@H](F)C2)cn2nc(-c3cc4ccc(-c5cc(F)c6[nH]c(=O)ccc6c5C)cc4n3CC3CC3)c(C)c12. The van der Waals surface area contributed by atoms with Crippen molar-refractivity contribution >= 4 is 33.2 Å². The summed E-state index contributed by atoms with van der Waals surface area (Å²) in [6.07, 6.45) is 3.06. The van der Waals surface area contributed by atoms with Crippen molar-refractivity contribution in [1.82, 2.24) is 24.1 Å². The summed E-state index contributed by atoms with van der Waals surface area (Å²) >= 11 is 0. The van der Waals surface area contributed by atoms with E-state index in [1.165, 1.54) is 17.0 Å². The van der Waals surface area contributed by atoms with Gasteiger partial charge in [0.1, 0.15) is 28.9 Å². The van der Waals surface area contributed by atoms with E-state index in [1.807, 2.05) is 19.9 Å². The van der Waals surface area contributed by atoms with E-state index in [1.54, 1.807) is 30.0 Å². The van der Waals surface area contributed by atoms with Crippen LogP contribution in [-0.4, -0.2) is 62.4 Å². The third kappa shape index (κ3) is 5.04. The van der Waals surface area contributed by atoms with E-state index < -0.39 is 18.0 Å². The maximum Gasteiger partial charge on any atom is 0.255 e. The van der Waals surface area contributed by atoms with Crippen LogP contribution in [0, 0.1) is 25.6 Å². The fraction of sp³-hybridized carbons (Fsp3) is 0.324. The van der Waals surface area contributed by atoms with E-state index in [9.17, 15) is 14.0 Å². The third-order valence-corrected chi connectivity index (χ3v) is 9.95. The van der Waals surface area contributed by atoms with E-state index >= 15 is 4.39 Å². The molecule has 4 aromatic heterocycles. The van der Waals surface area contributed by atoms with Crippen molar-refractivity contribution < 1.29 is 18.3 Å². The Morgan fingerprint density at radius 3 is 2.65 bits per heavy atom. The zero-order chi connectivity index (χ0) is 33.4. The molecular formula is C37H36F2N6O3. The number of halogens is 2. The molecule has 2 atom stereocenters. The maximum absolute atomic E-state index is 15.3. The minimum atomic E-state index is -1.16. The zero-order valence-corrected chi connectivity index (χ0v) is 27.0. The number of nitrogens with two attached hydrogens (primary N) is 1. The molecule has 0 unspecified atom stereocenters. The van der Waals surface area contributed by atoms with Gasteiger partial charge in [-0.25, -0.2) is 13.3 Å². The Labute approximate surface area is 274 Å². The Hall–Kier alpha value is -5.03. The molecule has 6 aromatic rings. The van der Waals surface area contributed by atoms with Crippen LogP contribution >= 0.6 is 0 Å². The Bertz CT molecular complexity index is 2330. The molecular weight excluding hydrogens is 614 g/mol. The number of rotatable bonds is 6. The van der Waals surface area contributed by atoms with E-state index in [-0.39, 0.29) is 36.5 Å². The molecule has 8 rings (SSSR count). The summed E-state index contributed by atoms with van der Waals surface area (Å²) in [6, 6.07) is 14.1. The molecule has 0 radical (unpaired) electrons. The molecule has 3 N–H and O–H groups in total. The molecule has 2 aromatic carbocycles. The minimum absolute atomic E-state index is 0.00438. The molecule has 11 heteroatoms. The van der Waals surface area contributed by atoms with Gasteiger partial charge in [0.05, 0.1) is 30.4 Å². The highest BCUT2D eigenvalue weighted by Gasteiger charge is 2.31. The number of aromatic amines is 1. The third-order valence-electron chi connectivity index (χ3n) is 9.95. The number of amides is 1. The number of carbonyl (C=O) groups is 1. The normalized spacial score (nSPS) is 18.3. The number of H-pyrrole nitrogens is 1. The number of piperidine rings is 1. The highest BCUT2D eigenvalue weighted by molar-refractivity contribution is 5.97. The lowest BCUT2D eigenvalue weighted by Crippen LogP contribution is -2.50. The Morgan fingerprint density at radius 1 is 1.08 bits per heavy atom. The molecule has 2 aliphatic rings. The number of likely N-dealkylation sites (tertiary alicyclic amines) is 1. The van der Waals surface area contributed by atoms with Crippen LogP contribution in [0.3, 0.4) is 0 Å². The number of hydrogen-bond donors (Lipinski definition) is 2. The molecule has 1 saturated heterocycles. The van der Waals surface area contributed by atoms with Gasteiger partial charge in [-0.2, -0.15) is 5.10 Å². The first-order chi connectivity index (χ1) is 23.1. The number of methoxy groups -OCH3 is 1. The highest BCUT2D eigenvalue weighted by atomic mass is 19.1. The number of nitrogens with one attached hydrogen (secondary N) is 1. The van der Waals surface area contributed by atoms with Crippen LogP contribution in [0.2, 0.25) is 0 Å². The number of hydrogen-bond acceptors (Lipinski definition) is 5. The van der Waals surface area contributed by atoms with Gasteiger partial charge in [0, 0.05) is 53.2 Å². The van der Waals surface area contributed by atoms with Gasteiger partial charge >= 0.3 is 0 Å². The smallest absolute Gasteiger partial charge is 0.255 e. The first-order valence-corrected chi connectivity index (χ1v) is 16.3. The first-order valence-electron chi connectivity index (χ1n) is 16.3. The molecule has 2 fully saturated rings. The van der Waals surface area contributed by atoms with Gasteiger partial charge in [-0.15, -0.1) is 0 Å². The van der Waals surface area contributed by atoms with E-state index in [4.69, 9.17) is 15.6 Å². The number of ether oxygens (including phenoxy) is 1. The molecule has 0 spiro atoms. The molecule has 48 heavy (non-hydrogen) atoms. The van der Waals surface area contributed by atoms with Crippen molar-refractivity contribution in [3.8, 4) is 28.3 Å². The number of benzene rings is 2. The lowest BCUT2D eigenvalue weighted by atomic mass is 9.96. The molecule has 5 heterocycles. The lowest BCUT2D eigenvalue weighted by molar-refractivity contribution is 0.0606. The molecule has 1 saturated carbocycles. The predicted octanol–water partition coefficient (Wildman–Crippen LogP) is 6.15. The monoisotopic (exact) mass is 650 g/mol. The van der Waals surface area contributed by atoms with Gasteiger partial charge in [0.15, 0.2) is 0 Å². The maximum atomic E-state index is 15.3. The van der Waals surface area contributed by atoms with Crippen molar-refractivity contribution in [2.75, 3.05) is 20.2 Å². The summed E-state index contributed by atoms with van der Waals surface area (Å²) in [5.41, 5.74) is 13.1. The second-order valence-electron chi connectivity index (χ2n) is 13.4. The zero-order valence-electron chi connectivity index (χ0n) is 27.0. The quantitative estimate of drug-likeness (QED) is 0.225. The van der Waals surface area contributed by atoms with Crippen molar-refractivity contribution in [3.63, 3.8) is 0 Å². The van der Waals surface area contributed by atoms with E-state index in [0.29, 0.717) is 22.6 Å². The van der Waals surface area contributed by atoms with Crippen LogP contribution in [0.1, 0.15) is 40.7 Å². The summed E-state index contributed by atoms with van der Waals surface area (Å²) < 4.78 is 39.3. The van der Waals surface area contributed by atoms with Gasteiger partial charge in [-0.1, -0.05) is 12.1 Å². The summed E-state index contributed by atoms with van der Waals surface area (Å²) in [6.45, 7) is 5.04. The standard InChI is InChI=1S/C37H36F2N6O3/c1-19-27-8-9-33(46)41-35(27)29(39)14-28(19)22-6-7-23-11-31(44(30(23)10-22)15-21-4-5-21)34-20(2)36-32(48-3)12-24(16-45(36)42-34)37(47)43-17-25(38)13-26(40)18-43/h6-12,14,16,21,25-26H,4-5,13,15,17-18,40H2,1-3H3,(H,41,46)/t25-,26-/m1/s1. The molecule has 9 nitrogen and oxygen atoms in total. The molecule has 1 aliphatic heterocycles. The summed E-state index contributed by atoms with van der Waals surface area (Å²) in [4.78, 5) is 29.5. The number of nitrogens with zero attached hydrogens (tertiary/aromatic N) is 4. The van der Waals surface area contributed by atoms with Gasteiger partial charge in [0.25, 0.3) is 5.91 Å². The largest absolute Gasteiger partial charge is 0.494 e. The van der Waals surface area contributed by atoms with Crippen molar-refractivity contribution in [2.45, 2.75) is 51.9 Å². The molecule has 1 amide bonds. The summed E-state index contributed by atoms with van der Waals surface area (Å²) in [5.74, 6) is 0.255. The predicted molar refractivity (Wildman–Crippen MR) is 182 cm³/mol. The van der Waals surface area contributed by atoms with E-state index in [2.05, 4.69) is 27.8 Å². The second kappa shape index (κ2) is 11.3. The Morgan fingerprint density at radius 2 is 1.90 bits per heavy atom. The number of carbonyl (C=O) groups excluding carboxylic acids is 1. The van der Waals surface area contributed by atoms with Gasteiger partial charge in [0.2, 0.25) is 5.56 Å². The summed E-state index contributed by atoms with van der Waals surface area (Å²) in [7, 11) is 1.56. The van der Waals surface area contributed by atoms with Gasteiger partial charge in [-0.3, -0.25) is 9.59 Å². The average molecular weight is 651 g/mol. The first kappa shape index (κ1) is 30.3. The number of pyridine rings is 2. The van der Waals surface area contributed by atoms with E-state index in [0.717, 1.165) is 69.4 Å². The number of aromatic nitrogens is 4. The van der Waals surface area contributed by atoms with Gasteiger partial charge in [-0.05, 0) is 86.1 Å². The van der Waals surface area contributed by atoms with Crippen LogP contribution in [-0.2, 0) is 6.54 Å². The molecule has 246 valence electrons. The topological polar surface area (TPSA) is 111 Å². The van der Waals surface area contributed by atoms with Crippen LogP contribution in [0.25, 0.3) is 49.8 Å². The van der Waals surface area contributed by atoms with Gasteiger partial charge < -0.3 is 24.9 Å². The number of fused-ring (bicyclic) bond motifs is 3.